The number of methoxy groups -OCH3 is 1. The van der Waals surface area contributed by atoms with Crippen LogP contribution in [0.3, 0.4) is 0 Å². The van der Waals surface area contributed by atoms with E-state index in [1.54, 1.807) is 37.7 Å². The minimum atomic E-state index is -0.466. The number of nitrogens with zero attached hydrogens (tertiary/aromatic N) is 1. The maximum Gasteiger partial charge on any atom is 0.207 e. The molecule has 0 saturated heterocycles. The number of ether oxygens (including phenoxy) is 2. The van der Waals surface area contributed by atoms with E-state index in [9.17, 15) is 4.79 Å². The molecule has 0 unspecified atom stereocenters. The van der Waals surface area contributed by atoms with Crippen LogP contribution in [0.4, 0.5) is 0 Å². The fraction of sp³-hybridized carbons (Fsp3) is 0.200. The van der Waals surface area contributed by atoms with E-state index < -0.39 is 6.10 Å². The molecule has 0 radical (unpaired) electrons. The molecule has 1 atom stereocenters. The minimum absolute atomic E-state index is 0.00208. The van der Waals surface area contributed by atoms with Crippen molar-refractivity contribution in [3.8, 4) is 11.5 Å². The Hall–Kier alpha value is -2.36. The first kappa shape index (κ1) is 11.7. The van der Waals surface area contributed by atoms with Crippen molar-refractivity contribution in [2.24, 2.45) is 0 Å². The summed E-state index contributed by atoms with van der Waals surface area (Å²) in [6.07, 6.45) is 3.52. The average Bonchev–Trinajstić information content (AvgIpc) is 2.76. The first-order chi connectivity index (χ1) is 9.28. The van der Waals surface area contributed by atoms with Crippen molar-refractivity contribution < 1.29 is 14.3 Å². The number of ketones is 1. The molecular formula is C15H13NO3. The molecule has 0 spiro atoms. The van der Waals surface area contributed by atoms with Gasteiger partial charge in [0, 0.05) is 18.8 Å². The average molecular weight is 255 g/mol. The van der Waals surface area contributed by atoms with Crippen molar-refractivity contribution in [1.82, 2.24) is 4.98 Å². The fourth-order valence-electron chi connectivity index (χ4n) is 2.18. The van der Waals surface area contributed by atoms with Gasteiger partial charge in [-0.1, -0.05) is 6.07 Å². The van der Waals surface area contributed by atoms with E-state index in [0.717, 1.165) is 5.56 Å². The lowest BCUT2D eigenvalue weighted by Gasteiger charge is -2.08. The van der Waals surface area contributed by atoms with E-state index in [2.05, 4.69) is 4.98 Å². The Morgan fingerprint density at radius 1 is 1.37 bits per heavy atom. The molecule has 4 heteroatoms. The summed E-state index contributed by atoms with van der Waals surface area (Å²) < 4.78 is 10.8. The van der Waals surface area contributed by atoms with Crippen molar-refractivity contribution in [2.75, 3.05) is 7.11 Å². The van der Waals surface area contributed by atoms with Gasteiger partial charge in [-0.2, -0.15) is 0 Å². The molecule has 0 N–H and O–H groups in total. The molecule has 0 saturated carbocycles. The quantitative estimate of drug-likeness (QED) is 0.844. The molecular weight excluding hydrogens is 242 g/mol. The summed E-state index contributed by atoms with van der Waals surface area (Å²) in [7, 11) is 1.58. The number of benzene rings is 1. The van der Waals surface area contributed by atoms with E-state index in [1.165, 1.54) is 0 Å². The van der Waals surface area contributed by atoms with E-state index >= 15 is 0 Å². The number of carbonyl (C=O) groups excluding carboxylic acids is 1. The zero-order valence-corrected chi connectivity index (χ0v) is 10.5. The second-order valence-corrected chi connectivity index (χ2v) is 4.40. The number of carbonyl (C=O) groups is 1. The van der Waals surface area contributed by atoms with Crippen molar-refractivity contribution in [3.05, 3.63) is 53.9 Å². The van der Waals surface area contributed by atoms with E-state index in [1.807, 2.05) is 12.1 Å². The van der Waals surface area contributed by atoms with Crippen LogP contribution >= 0.6 is 0 Å². The van der Waals surface area contributed by atoms with Crippen LogP contribution < -0.4 is 9.47 Å². The predicted molar refractivity (Wildman–Crippen MR) is 69.7 cm³/mol. The molecule has 1 aliphatic rings. The van der Waals surface area contributed by atoms with E-state index in [0.29, 0.717) is 23.5 Å². The van der Waals surface area contributed by atoms with Gasteiger partial charge in [-0.15, -0.1) is 0 Å². The predicted octanol–water partition coefficient (Wildman–Crippen LogP) is 2.28. The molecule has 0 aliphatic carbocycles. The molecule has 1 aromatic heterocycles. The molecule has 3 rings (SSSR count). The molecule has 96 valence electrons. The monoisotopic (exact) mass is 255 g/mol. The Bertz CT molecular complexity index is 610. The van der Waals surface area contributed by atoms with Gasteiger partial charge in [-0.05, 0) is 29.8 Å². The third kappa shape index (κ3) is 2.17. The van der Waals surface area contributed by atoms with Crippen LogP contribution in [0.25, 0.3) is 0 Å². The summed E-state index contributed by atoms with van der Waals surface area (Å²) in [6.45, 7) is 0. The molecule has 4 nitrogen and oxygen atoms in total. The van der Waals surface area contributed by atoms with Gasteiger partial charge in [0.05, 0.1) is 12.7 Å². The lowest BCUT2D eigenvalue weighted by atomic mass is 10.0. The highest BCUT2D eigenvalue weighted by molar-refractivity contribution is 6.05. The van der Waals surface area contributed by atoms with Crippen molar-refractivity contribution in [1.29, 1.82) is 0 Å². The second kappa shape index (κ2) is 4.72. The summed E-state index contributed by atoms with van der Waals surface area (Å²) in [4.78, 5) is 16.3. The number of pyridine rings is 1. The van der Waals surface area contributed by atoms with Crippen LogP contribution in [0.2, 0.25) is 0 Å². The van der Waals surface area contributed by atoms with E-state index in [4.69, 9.17) is 9.47 Å². The summed E-state index contributed by atoms with van der Waals surface area (Å²) in [5.74, 6) is 1.29. The lowest BCUT2D eigenvalue weighted by molar-refractivity contribution is 0.0857. The first-order valence-electron chi connectivity index (χ1n) is 6.06. The van der Waals surface area contributed by atoms with Crippen molar-refractivity contribution >= 4 is 5.78 Å². The Balaban J connectivity index is 1.83. The van der Waals surface area contributed by atoms with Gasteiger partial charge >= 0.3 is 0 Å². The molecule has 0 bridgehead atoms. The van der Waals surface area contributed by atoms with Gasteiger partial charge in [0.25, 0.3) is 0 Å². The molecule has 19 heavy (non-hydrogen) atoms. The van der Waals surface area contributed by atoms with E-state index in [-0.39, 0.29) is 5.78 Å². The SMILES string of the molecule is COc1ccc2c(c1)C(=O)[C@H](Cc1cccnc1)O2. The Kier molecular flexibility index (Phi) is 2.91. The van der Waals surface area contributed by atoms with Gasteiger partial charge in [-0.3, -0.25) is 9.78 Å². The molecule has 0 amide bonds. The minimum Gasteiger partial charge on any atom is -0.497 e. The molecule has 2 aromatic rings. The summed E-state index contributed by atoms with van der Waals surface area (Å²) in [5.41, 5.74) is 1.58. The summed E-state index contributed by atoms with van der Waals surface area (Å²) in [6, 6.07) is 9.08. The maximum absolute atomic E-state index is 12.3. The lowest BCUT2D eigenvalue weighted by Crippen LogP contribution is -2.23. The number of fused-ring (bicyclic) bond motifs is 1. The number of hydrogen-bond donors (Lipinski definition) is 0. The van der Waals surface area contributed by atoms with Gasteiger partial charge in [0.1, 0.15) is 11.5 Å². The van der Waals surface area contributed by atoms with Crippen molar-refractivity contribution in [2.45, 2.75) is 12.5 Å². The highest BCUT2D eigenvalue weighted by atomic mass is 16.5. The second-order valence-electron chi connectivity index (χ2n) is 4.40. The van der Waals surface area contributed by atoms with Crippen LogP contribution in [0, 0.1) is 0 Å². The highest BCUT2D eigenvalue weighted by Crippen LogP contribution is 2.32. The Labute approximate surface area is 111 Å². The summed E-state index contributed by atoms with van der Waals surface area (Å²) >= 11 is 0. The maximum atomic E-state index is 12.3. The largest absolute Gasteiger partial charge is 0.497 e. The molecule has 2 heterocycles. The molecule has 1 aliphatic heterocycles. The van der Waals surface area contributed by atoms with Gasteiger partial charge in [0.2, 0.25) is 5.78 Å². The van der Waals surface area contributed by atoms with Crippen LogP contribution in [0.1, 0.15) is 15.9 Å². The normalized spacial score (nSPS) is 16.9. The first-order valence-corrected chi connectivity index (χ1v) is 6.06. The van der Waals surface area contributed by atoms with Crippen LogP contribution in [-0.2, 0) is 6.42 Å². The Morgan fingerprint density at radius 3 is 3.00 bits per heavy atom. The standard InChI is InChI=1S/C15H13NO3/c1-18-11-4-5-13-12(8-11)15(17)14(19-13)7-10-3-2-6-16-9-10/h2-6,8-9,14H,7H2,1H3/t14-/m0/s1. The highest BCUT2D eigenvalue weighted by Gasteiger charge is 2.32. The van der Waals surface area contributed by atoms with Crippen LogP contribution in [0.5, 0.6) is 11.5 Å². The number of hydrogen-bond acceptors (Lipinski definition) is 4. The number of Topliss-reactive ketones (excluding diaryl/α,β-unsaturated/α-hetero) is 1. The van der Waals surface area contributed by atoms with Gasteiger partial charge in [0.15, 0.2) is 6.10 Å². The number of aromatic nitrogens is 1. The number of rotatable bonds is 3. The molecule has 1 aromatic carbocycles. The smallest absolute Gasteiger partial charge is 0.207 e. The topological polar surface area (TPSA) is 48.4 Å². The third-order valence-electron chi connectivity index (χ3n) is 3.16. The molecule has 0 fully saturated rings. The van der Waals surface area contributed by atoms with Crippen LogP contribution in [-0.4, -0.2) is 24.0 Å². The summed E-state index contributed by atoms with van der Waals surface area (Å²) in [5, 5.41) is 0. The zero-order chi connectivity index (χ0) is 13.2. The van der Waals surface area contributed by atoms with Gasteiger partial charge < -0.3 is 9.47 Å². The Morgan fingerprint density at radius 2 is 2.26 bits per heavy atom. The van der Waals surface area contributed by atoms with Crippen molar-refractivity contribution in [3.63, 3.8) is 0 Å². The fourth-order valence-corrected chi connectivity index (χ4v) is 2.18. The van der Waals surface area contributed by atoms with Gasteiger partial charge in [-0.25, -0.2) is 0 Å². The van der Waals surface area contributed by atoms with Crippen LogP contribution in [0.15, 0.2) is 42.7 Å². The third-order valence-corrected chi connectivity index (χ3v) is 3.16. The zero-order valence-electron chi connectivity index (χ0n) is 10.5.